The molecule has 154 valence electrons. The number of hydrogen-bond donors (Lipinski definition) is 1. The number of aliphatic hydroxyl groups excluding tert-OH is 1. The van der Waals surface area contributed by atoms with Gasteiger partial charge in [-0.2, -0.15) is 0 Å². The zero-order valence-electron chi connectivity index (χ0n) is 16.0. The van der Waals surface area contributed by atoms with Gasteiger partial charge in [0.15, 0.2) is 11.6 Å². The Labute approximate surface area is 164 Å². The normalized spacial score (nSPS) is 31.0. The number of hydrogen-bond acceptors (Lipinski definition) is 4. The summed E-state index contributed by atoms with van der Waals surface area (Å²) < 4.78 is 31.8. The van der Waals surface area contributed by atoms with Gasteiger partial charge in [-0.15, -0.1) is 0 Å². The van der Waals surface area contributed by atoms with Crippen LogP contribution in [0.15, 0.2) is 18.2 Å². The highest BCUT2D eigenvalue weighted by Gasteiger charge is 2.44. The third kappa shape index (κ3) is 4.21. The first-order valence-corrected chi connectivity index (χ1v) is 10.2. The summed E-state index contributed by atoms with van der Waals surface area (Å²) in [5.41, 5.74) is 0.631. The van der Waals surface area contributed by atoms with Crippen LogP contribution in [-0.2, 0) is 16.0 Å². The number of morpholine rings is 1. The summed E-state index contributed by atoms with van der Waals surface area (Å²) in [5.74, 6) is -0.924. The Balaban J connectivity index is 1.31. The quantitative estimate of drug-likeness (QED) is 0.847. The van der Waals surface area contributed by atoms with E-state index < -0.39 is 11.6 Å². The van der Waals surface area contributed by atoms with Crippen molar-refractivity contribution >= 4 is 5.91 Å². The minimum atomic E-state index is -0.875. The van der Waals surface area contributed by atoms with Crippen LogP contribution in [0, 0.1) is 23.5 Å². The number of fused-ring (bicyclic) bond motifs is 1. The molecule has 4 atom stereocenters. The molecule has 4 rings (SSSR count). The summed E-state index contributed by atoms with van der Waals surface area (Å²) in [5, 5.41) is 10.6. The molecule has 28 heavy (non-hydrogen) atoms. The Bertz CT molecular complexity index is 711. The van der Waals surface area contributed by atoms with Crippen LogP contribution in [0.3, 0.4) is 0 Å². The number of amides is 1. The maximum absolute atomic E-state index is 13.3. The van der Waals surface area contributed by atoms with Crippen LogP contribution >= 0.6 is 0 Å². The largest absolute Gasteiger partial charge is 0.391 e. The van der Waals surface area contributed by atoms with Crippen LogP contribution in [0.2, 0.25) is 0 Å². The molecule has 5 nitrogen and oxygen atoms in total. The second-order valence-corrected chi connectivity index (χ2v) is 8.32. The zero-order chi connectivity index (χ0) is 19.7. The van der Waals surface area contributed by atoms with Gasteiger partial charge in [0, 0.05) is 38.6 Å². The van der Waals surface area contributed by atoms with Gasteiger partial charge in [-0.05, 0) is 48.8 Å². The fraction of sp³-hybridized carbons (Fsp3) is 0.667. The van der Waals surface area contributed by atoms with Crippen molar-refractivity contribution in [3.63, 3.8) is 0 Å². The summed E-state index contributed by atoms with van der Waals surface area (Å²) in [6.07, 6.45) is 2.00. The monoisotopic (exact) mass is 394 g/mol. The van der Waals surface area contributed by atoms with E-state index >= 15 is 0 Å². The van der Waals surface area contributed by atoms with Gasteiger partial charge in [0.05, 0.1) is 19.3 Å². The van der Waals surface area contributed by atoms with Crippen molar-refractivity contribution in [2.75, 3.05) is 39.4 Å². The van der Waals surface area contributed by atoms with E-state index in [-0.39, 0.29) is 18.1 Å². The molecule has 0 unspecified atom stereocenters. The molecule has 1 aliphatic carbocycles. The summed E-state index contributed by atoms with van der Waals surface area (Å²) in [6, 6.07) is 3.95. The number of carbonyl (C=O) groups excluding carboxylic acids is 1. The van der Waals surface area contributed by atoms with Gasteiger partial charge in [-0.25, -0.2) is 8.78 Å². The number of likely N-dealkylation sites (tertiary alicyclic amines) is 1. The average Bonchev–Trinajstić information content (AvgIpc) is 3.11. The molecule has 1 aromatic carbocycles. The van der Waals surface area contributed by atoms with E-state index in [1.807, 2.05) is 4.90 Å². The van der Waals surface area contributed by atoms with E-state index in [1.54, 1.807) is 0 Å². The number of aliphatic hydroxyl groups is 1. The van der Waals surface area contributed by atoms with E-state index in [9.17, 15) is 18.7 Å². The lowest BCUT2D eigenvalue weighted by Gasteiger charge is -2.43. The Morgan fingerprint density at radius 3 is 2.54 bits per heavy atom. The van der Waals surface area contributed by atoms with Crippen molar-refractivity contribution < 1.29 is 23.4 Å². The number of benzene rings is 1. The van der Waals surface area contributed by atoms with Crippen LogP contribution in [0.1, 0.15) is 24.8 Å². The molecule has 1 amide bonds. The highest BCUT2D eigenvalue weighted by Crippen LogP contribution is 2.38. The van der Waals surface area contributed by atoms with Crippen molar-refractivity contribution in [3.05, 3.63) is 35.4 Å². The molecule has 0 bridgehead atoms. The molecule has 0 aromatic heterocycles. The van der Waals surface area contributed by atoms with Crippen LogP contribution in [-0.4, -0.2) is 72.4 Å². The van der Waals surface area contributed by atoms with Gasteiger partial charge < -0.3 is 14.7 Å². The Morgan fingerprint density at radius 2 is 1.82 bits per heavy atom. The van der Waals surface area contributed by atoms with Crippen molar-refractivity contribution in [3.8, 4) is 0 Å². The fourth-order valence-electron chi connectivity index (χ4n) is 5.02. The SMILES string of the molecule is O=C(CCc1ccc(F)c(F)c1)N1C[C@H]2C[C@@H](N3CCOCC3)[C@H](O)C[C@H]2C1. The molecule has 3 fully saturated rings. The standard InChI is InChI=1S/C21H28F2N2O3/c22-17-3-1-14(9-18(17)23)2-4-21(27)25-12-15-10-19(20(26)11-16(15)13-25)24-5-7-28-8-6-24/h1,3,9,15-16,19-20,26H,2,4-8,10-13H2/t15-,16+,19-,20-/m1/s1. The van der Waals surface area contributed by atoms with Gasteiger partial charge in [-0.3, -0.25) is 9.69 Å². The second-order valence-electron chi connectivity index (χ2n) is 8.32. The van der Waals surface area contributed by atoms with Gasteiger partial charge in [-0.1, -0.05) is 6.07 Å². The number of halogens is 2. The minimum absolute atomic E-state index is 0.0524. The smallest absolute Gasteiger partial charge is 0.222 e. The first-order valence-electron chi connectivity index (χ1n) is 10.2. The fourth-order valence-corrected chi connectivity index (χ4v) is 5.02. The Hall–Kier alpha value is -1.57. The van der Waals surface area contributed by atoms with Crippen molar-refractivity contribution in [1.29, 1.82) is 0 Å². The predicted molar refractivity (Wildman–Crippen MR) is 99.7 cm³/mol. The lowest BCUT2D eigenvalue weighted by molar-refractivity contribution is -0.130. The lowest BCUT2D eigenvalue weighted by Crippen LogP contribution is -2.53. The van der Waals surface area contributed by atoms with Crippen molar-refractivity contribution in [1.82, 2.24) is 9.80 Å². The van der Waals surface area contributed by atoms with E-state index in [4.69, 9.17) is 4.74 Å². The number of rotatable bonds is 4. The first-order chi connectivity index (χ1) is 13.5. The summed E-state index contributed by atoms with van der Waals surface area (Å²) >= 11 is 0. The molecule has 0 radical (unpaired) electrons. The molecular formula is C21H28F2N2O3. The molecule has 0 spiro atoms. The molecule has 1 aromatic rings. The highest BCUT2D eigenvalue weighted by atomic mass is 19.2. The summed E-state index contributed by atoms with van der Waals surface area (Å²) in [7, 11) is 0. The lowest BCUT2D eigenvalue weighted by atomic mass is 9.77. The maximum Gasteiger partial charge on any atom is 0.222 e. The highest BCUT2D eigenvalue weighted by molar-refractivity contribution is 5.76. The van der Waals surface area contributed by atoms with Crippen LogP contribution in [0.4, 0.5) is 8.78 Å². The third-order valence-corrected chi connectivity index (χ3v) is 6.59. The number of carbonyl (C=O) groups is 1. The predicted octanol–water partition coefficient (Wildman–Crippen LogP) is 1.83. The number of aryl methyl sites for hydroxylation is 1. The van der Waals surface area contributed by atoms with Crippen molar-refractivity contribution in [2.24, 2.45) is 11.8 Å². The van der Waals surface area contributed by atoms with Gasteiger partial charge >= 0.3 is 0 Å². The maximum atomic E-state index is 13.3. The second kappa shape index (κ2) is 8.43. The average molecular weight is 394 g/mol. The molecular weight excluding hydrogens is 366 g/mol. The minimum Gasteiger partial charge on any atom is -0.391 e. The number of ether oxygens (including phenoxy) is 1. The molecule has 2 saturated heterocycles. The van der Waals surface area contributed by atoms with Crippen LogP contribution < -0.4 is 0 Å². The number of nitrogens with zero attached hydrogens (tertiary/aromatic N) is 2. The third-order valence-electron chi connectivity index (χ3n) is 6.59. The Morgan fingerprint density at radius 1 is 1.11 bits per heavy atom. The van der Waals surface area contributed by atoms with E-state index in [2.05, 4.69) is 4.90 Å². The topological polar surface area (TPSA) is 53.0 Å². The molecule has 1 saturated carbocycles. The van der Waals surface area contributed by atoms with Gasteiger partial charge in [0.2, 0.25) is 5.91 Å². The molecule has 1 N–H and O–H groups in total. The van der Waals surface area contributed by atoms with Gasteiger partial charge in [0.1, 0.15) is 0 Å². The zero-order valence-corrected chi connectivity index (χ0v) is 16.0. The first kappa shape index (κ1) is 19.7. The molecule has 3 aliphatic rings. The molecule has 7 heteroatoms. The van der Waals surface area contributed by atoms with E-state index in [1.165, 1.54) is 6.07 Å². The van der Waals surface area contributed by atoms with Crippen LogP contribution in [0.5, 0.6) is 0 Å². The summed E-state index contributed by atoms with van der Waals surface area (Å²) in [6.45, 7) is 4.56. The Kier molecular flexibility index (Phi) is 5.94. The van der Waals surface area contributed by atoms with Crippen LogP contribution in [0.25, 0.3) is 0 Å². The van der Waals surface area contributed by atoms with Crippen molar-refractivity contribution in [2.45, 2.75) is 37.8 Å². The van der Waals surface area contributed by atoms with E-state index in [0.29, 0.717) is 50.0 Å². The molecule has 2 aliphatic heterocycles. The summed E-state index contributed by atoms with van der Waals surface area (Å²) in [4.78, 5) is 16.9. The molecule has 2 heterocycles. The van der Waals surface area contributed by atoms with Gasteiger partial charge in [0.25, 0.3) is 0 Å². The van der Waals surface area contributed by atoms with E-state index in [0.717, 1.165) is 44.6 Å².